The van der Waals surface area contributed by atoms with Gasteiger partial charge in [-0.2, -0.15) is 0 Å². The zero-order valence-corrected chi connectivity index (χ0v) is 11.2. The second kappa shape index (κ2) is 6.48. The lowest BCUT2D eigenvalue weighted by Crippen LogP contribution is -1.98. The topological polar surface area (TPSA) is 12.0 Å². The summed E-state index contributed by atoms with van der Waals surface area (Å²) >= 11 is 12.0. The van der Waals surface area contributed by atoms with Crippen LogP contribution in [0, 0.1) is 0 Å². The van der Waals surface area contributed by atoms with E-state index in [1.165, 1.54) is 5.56 Å². The molecule has 0 aliphatic rings. The molecule has 0 spiro atoms. The highest BCUT2D eigenvalue weighted by molar-refractivity contribution is 6.35. The van der Waals surface area contributed by atoms with Gasteiger partial charge in [0.2, 0.25) is 0 Å². The molecule has 0 fully saturated rings. The van der Waals surface area contributed by atoms with Crippen LogP contribution in [0.15, 0.2) is 54.6 Å². The van der Waals surface area contributed by atoms with Gasteiger partial charge in [0.1, 0.15) is 0 Å². The van der Waals surface area contributed by atoms with E-state index in [0.29, 0.717) is 16.6 Å². The Balaban J connectivity index is 1.92. The smallest absolute Gasteiger partial charge is 0.0638 e. The minimum atomic E-state index is 0.674. The monoisotopic (exact) mass is 277 g/mol. The van der Waals surface area contributed by atoms with E-state index in [1.54, 1.807) is 12.1 Å². The lowest BCUT2D eigenvalue weighted by Gasteiger charge is -2.06. The average Bonchev–Trinajstić information content (AvgIpc) is 2.40. The fourth-order valence-electron chi connectivity index (χ4n) is 1.56. The Morgan fingerprint density at radius 1 is 1.00 bits per heavy atom. The maximum absolute atomic E-state index is 6.05. The summed E-state index contributed by atoms with van der Waals surface area (Å²) < 4.78 is 0. The molecule has 1 nitrogen and oxygen atoms in total. The molecule has 0 radical (unpaired) electrons. The number of nitrogens with one attached hydrogen (secondary N) is 1. The van der Waals surface area contributed by atoms with Crippen LogP contribution in [0.4, 0.5) is 5.69 Å². The van der Waals surface area contributed by atoms with Crippen LogP contribution >= 0.6 is 23.2 Å². The standard InChI is InChI=1S/C15H13Cl2N/c16-13-8-9-14(17)15(11-13)18-10-4-7-12-5-2-1-3-6-12/h1-9,11,18H,10H2/b7-4+. The molecule has 2 aromatic rings. The molecule has 0 amide bonds. The summed E-state index contributed by atoms with van der Waals surface area (Å²) in [7, 11) is 0. The minimum Gasteiger partial charge on any atom is -0.380 e. The molecule has 0 saturated carbocycles. The van der Waals surface area contributed by atoms with Crippen molar-refractivity contribution >= 4 is 35.0 Å². The second-order valence-corrected chi connectivity index (χ2v) is 4.66. The van der Waals surface area contributed by atoms with Crippen LogP contribution in [0.3, 0.4) is 0 Å². The predicted octanol–water partition coefficient (Wildman–Crippen LogP) is 5.12. The molecule has 18 heavy (non-hydrogen) atoms. The van der Waals surface area contributed by atoms with Crippen molar-refractivity contribution in [3.05, 3.63) is 70.2 Å². The summed E-state index contributed by atoms with van der Waals surface area (Å²) in [4.78, 5) is 0. The van der Waals surface area contributed by atoms with E-state index < -0.39 is 0 Å². The maximum Gasteiger partial charge on any atom is 0.0638 e. The lowest BCUT2D eigenvalue weighted by atomic mass is 10.2. The Hall–Kier alpha value is -1.44. The first kappa shape index (κ1) is 13.0. The zero-order valence-electron chi connectivity index (χ0n) is 9.74. The molecular formula is C15H13Cl2N. The number of hydrogen-bond donors (Lipinski definition) is 1. The Labute approximate surface area is 117 Å². The number of halogens is 2. The first-order chi connectivity index (χ1) is 8.75. The predicted molar refractivity (Wildman–Crippen MR) is 80.4 cm³/mol. The molecule has 0 aliphatic carbocycles. The van der Waals surface area contributed by atoms with E-state index in [9.17, 15) is 0 Å². The van der Waals surface area contributed by atoms with E-state index in [1.807, 2.05) is 30.3 Å². The molecule has 2 rings (SSSR count). The van der Waals surface area contributed by atoms with Crippen molar-refractivity contribution in [2.45, 2.75) is 0 Å². The minimum absolute atomic E-state index is 0.674. The molecule has 0 aromatic heterocycles. The molecule has 2 aromatic carbocycles. The maximum atomic E-state index is 6.05. The van der Waals surface area contributed by atoms with Crippen LogP contribution in [0.5, 0.6) is 0 Å². The number of benzene rings is 2. The van der Waals surface area contributed by atoms with Crippen molar-refractivity contribution in [1.29, 1.82) is 0 Å². The van der Waals surface area contributed by atoms with Crippen molar-refractivity contribution in [3.63, 3.8) is 0 Å². The number of anilines is 1. The summed E-state index contributed by atoms with van der Waals surface area (Å²) in [6, 6.07) is 15.5. The third-order valence-corrected chi connectivity index (χ3v) is 3.01. The van der Waals surface area contributed by atoms with Crippen molar-refractivity contribution in [2.24, 2.45) is 0 Å². The zero-order chi connectivity index (χ0) is 12.8. The lowest BCUT2D eigenvalue weighted by molar-refractivity contribution is 1.34. The van der Waals surface area contributed by atoms with Gasteiger partial charge in [-0.3, -0.25) is 0 Å². The van der Waals surface area contributed by atoms with Crippen LogP contribution in [-0.4, -0.2) is 6.54 Å². The quantitative estimate of drug-likeness (QED) is 0.818. The molecule has 0 saturated heterocycles. The average molecular weight is 278 g/mol. The highest BCUT2D eigenvalue weighted by Crippen LogP contribution is 2.25. The number of hydrogen-bond acceptors (Lipinski definition) is 1. The summed E-state index contributed by atoms with van der Waals surface area (Å²) in [6.45, 7) is 0.703. The van der Waals surface area contributed by atoms with Gasteiger partial charge in [-0.05, 0) is 23.8 Å². The molecule has 0 unspecified atom stereocenters. The van der Waals surface area contributed by atoms with Crippen molar-refractivity contribution in [3.8, 4) is 0 Å². The fourth-order valence-corrected chi connectivity index (χ4v) is 1.92. The Bertz CT molecular complexity index is 535. The van der Waals surface area contributed by atoms with E-state index in [2.05, 4.69) is 23.5 Å². The van der Waals surface area contributed by atoms with Crippen molar-refractivity contribution in [1.82, 2.24) is 0 Å². The first-order valence-electron chi connectivity index (χ1n) is 5.66. The molecule has 0 atom stereocenters. The first-order valence-corrected chi connectivity index (χ1v) is 6.42. The van der Waals surface area contributed by atoms with Crippen LogP contribution in [-0.2, 0) is 0 Å². The van der Waals surface area contributed by atoms with Gasteiger partial charge in [0.15, 0.2) is 0 Å². The van der Waals surface area contributed by atoms with Crippen molar-refractivity contribution in [2.75, 3.05) is 11.9 Å². The molecular weight excluding hydrogens is 265 g/mol. The van der Waals surface area contributed by atoms with E-state index in [0.717, 1.165) is 5.69 Å². The third kappa shape index (κ3) is 3.80. The van der Waals surface area contributed by atoms with E-state index in [4.69, 9.17) is 23.2 Å². The van der Waals surface area contributed by atoms with E-state index >= 15 is 0 Å². The largest absolute Gasteiger partial charge is 0.380 e. The molecule has 0 heterocycles. The molecule has 0 aliphatic heterocycles. The third-order valence-electron chi connectivity index (χ3n) is 2.45. The fraction of sp³-hybridized carbons (Fsp3) is 0.0667. The highest BCUT2D eigenvalue weighted by Gasteiger charge is 1.98. The highest BCUT2D eigenvalue weighted by atomic mass is 35.5. The molecule has 92 valence electrons. The SMILES string of the molecule is Clc1ccc(Cl)c(NC/C=C/c2ccccc2)c1. The van der Waals surface area contributed by atoms with Gasteiger partial charge in [-0.1, -0.05) is 65.7 Å². The van der Waals surface area contributed by atoms with Gasteiger partial charge in [0, 0.05) is 11.6 Å². The van der Waals surface area contributed by atoms with Gasteiger partial charge in [-0.15, -0.1) is 0 Å². The van der Waals surface area contributed by atoms with Crippen LogP contribution in [0.1, 0.15) is 5.56 Å². The number of rotatable bonds is 4. The van der Waals surface area contributed by atoms with Crippen LogP contribution in [0.25, 0.3) is 6.08 Å². The second-order valence-electron chi connectivity index (χ2n) is 3.82. The van der Waals surface area contributed by atoms with Gasteiger partial charge < -0.3 is 5.32 Å². The molecule has 3 heteroatoms. The van der Waals surface area contributed by atoms with Gasteiger partial charge in [0.05, 0.1) is 10.7 Å². The Kier molecular flexibility index (Phi) is 4.68. The molecule has 0 bridgehead atoms. The van der Waals surface area contributed by atoms with Crippen LogP contribution in [0.2, 0.25) is 10.0 Å². The Morgan fingerprint density at radius 3 is 2.56 bits per heavy atom. The molecule has 1 N–H and O–H groups in total. The summed E-state index contributed by atoms with van der Waals surface area (Å²) in [6.07, 6.45) is 4.11. The van der Waals surface area contributed by atoms with Crippen molar-refractivity contribution < 1.29 is 0 Å². The van der Waals surface area contributed by atoms with Crippen LogP contribution < -0.4 is 5.32 Å². The van der Waals surface area contributed by atoms with Gasteiger partial charge >= 0.3 is 0 Å². The van der Waals surface area contributed by atoms with E-state index in [-0.39, 0.29) is 0 Å². The van der Waals surface area contributed by atoms with Gasteiger partial charge in [0.25, 0.3) is 0 Å². The van der Waals surface area contributed by atoms with Gasteiger partial charge in [-0.25, -0.2) is 0 Å². The summed E-state index contributed by atoms with van der Waals surface area (Å²) in [5, 5.41) is 4.57. The normalized spacial score (nSPS) is 10.8. The summed E-state index contributed by atoms with van der Waals surface area (Å²) in [5.41, 5.74) is 2.03. The summed E-state index contributed by atoms with van der Waals surface area (Å²) in [5.74, 6) is 0. The Morgan fingerprint density at radius 2 is 1.78 bits per heavy atom.